The van der Waals surface area contributed by atoms with Gasteiger partial charge in [-0.05, 0) is 53.5 Å². The highest BCUT2D eigenvalue weighted by molar-refractivity contribution is 7.99. The van der Waals surface area contributed by atoms with Crippen LogP contribution in [0.15, 0.2) is 6.07 Å². The van der Waals surface area contributed by atoms with Crippen LogP contribution in [0.4, 0.5) is 4.79 Å². The molecule has 6 heteroatoms. The molecule has 2 heterocycles. The van der Waals surface area contributed by atoms with E-state index in [4.69, 9.17) is 4.74 Å². The van der Waals surface area contributed by atoms with Gasteiger partial charge in [-0.1, -0.05) is 0 Å². The molecule has 1 aromatic rings. The minimum absolute atomic E-state index is 0.192. The van der Waals surface area contributed by atoms with Gasteiger partial charge in [0.1, 0.15) is 11.4 Å². The Morgan fingerprint density at radius 3 is 2.52 bits per heavy atom. The van der Waals surface area contributed by atoms with E-state index in [2.05, 4.69) is 16.0 Å². The van der Waals surface area contributed by atoms with E-state index in [1.165, 1.54) is 0 Å². The van der Waals surface area contributed by atoms with E-state index in [0.717, 1.165) is 48.9 Å². The number of piperidine rings is 1. The minimum atomic E-state index is -0.425. The smallest absolute Gasteiger partial charge is 0.410 e. The summed E-state index contributed by atoms with van der Waals surface area (Å²) in [7, 11) is 0. The lowest BCUT2D eigenvalue weighted by atomic mass is 10.1. The summed E-state index contributed by atoms with van der Waals surface area (Å²) in [6, 6.07) is 2.05. The molecular weight excluding hydrogens is 310 g/mol. The predicted molar refractivity (Wildman–Crippen MR) is 93.6 cm³/mol. The average Bonchev–Trinajstić information content (AvgIpc) is 2.43. The highest BCUT2D eigenvalue weighted by Gasteiger charge is 2.27. The van der Waals surface area contributed by atoms with Crippen LogP contribution in [-0.4, -0.2) is 44.9 Å². The summed E-state index contributed by atoms with van der Waals surface area (Å²) in [5.41, 5.74) is 1.69. The van der Waals surface area contributed by atoms with Crippen LogP contribution >= 0.6 is 11.8 Å². The molecule has 0 atom stereocenters. The monoisotopic (exact) mass is 337 g/mol. The van der Waals surface area contributed by atoms with Gasteiger partial charge >= 0.3 is 6.09 Å². The van der Waals surface area contributed by atoms with Crippen LogP contribution in [0, 0.1) is 13.8 Å². The first-order chi connectivity index (χ1) is 10.7. The summed E-state index contributed by atoms with van der Waals surface area (Å²) >= 11 is 1.93. The van der Waals surface area contributed by atoms with Crippen molar-refractivity contribution in [3.8, 4) is 0 Å². The lowest BCUT2D eigenvalue weighted by Crippen LogP contribution is -2.42. The highest BCUT2D eigenvalue weighted by atomic mass is 32.2. The molecule has 1 fully saturated rings. The van der Waals surface area contributed by atoms with E-state index in [1.807, 2.05) is 51.3 Å². The SMILES string of the molecule is Cc1cc(CSC2CCN(C(=O)OC(C)(C)C)CC2)nc(C)n1. The molecule has 0 spiro atoms. The third-order valence-electron chi connectivity index (χ3n) is 3.58. The van der Waals surface area contributed by atoms with Crippen LogP contribution in [-0.2, 0) is 10.5 Å². The second kappa shape index (κ2) is 7.51. The third kappa shape index (κ3) is 6.01. The normalized spacial score (nSPS) is 16.5. The van der Waals surface area contributed by atoms with E-state index < -0.39 is 5.60 Å². The quantitative estimate of drug-likeness (QED) is 0.841. The minimum Gasteiger partial charge on any atom is -0.444 e. The molecule has 1 aromatic heterocycles. The Balaban J connectivity index is 1.77. The van der Waals surface area contributed by atoms with Crippen LogP contribution in [0.3, 0.4) is 0 Å². The van der Waals surface area contributed by atoms with Crippen molar-refractivity contribution in [2.45, 2.75) is 64.1 Å². The van der Waals surface area contributed by atoms with Gasteiger partial charge < -0.3 is 9.64 Å². The number of thioether (sulfide) groups is 1. The van der Waals surface area contributed by atoms with Crippen molar-refractivity contribution in [1.82, 2.24) is 14.9 Å². The maximum Gasteiger partial charge on any atom is 0.410 e. The molecule has 0 radical (unpaired) electrons. The molecule has 2 rings (SSSR count). The van der Waals surface area contributed by atoms with E-state index in [1.54, 1.807) is 0 Å². The van der Waals surface area contributed by atoms with Gasteiger partial charge in [-0.15, -0.1) is 0 Å². The van der Waals surface area contributed by atoms with Crippen molar-refractivity contribution >= 4 is 17.9 Å². The van der Waals surface area contributed by atoms with Crippen molar-refractivity contribution in [2.24, 2.45) is 0 Å². The van der Waals surface area contributed by atoms with Crippen LogP contribution in [0.25, 0.3) is 0 Å². The second-order valence-electron chi connectivity index (χ2n) is 7.03. The summed E-state index contributed by atoms with van der Waals surface area (Å²) in [6.07, 6.45) is 1.82. The molecule has 1 aliphatic rings. The van der Waals surface area contributed by atoms with Crippen LogP contribution in [0.5, 0.6) is 0 Å². The number of carbonyl (C=O) groups excluding carboxylic acids is 1. The lowest BCUT2D eigenvalue weighted by Gasteiger charge is -2.33. The van der Waals surface area contributed by atoms with Gasteiger partial charge in [0, 0.05) is 29.8 Å². The first kappa shape index (κ1) is 18.0. The van der Waals surface area contributed by atoms with Crippen molar-refractivity contribution < 1.29 is 9.53 Å². The zero-order valence-corrected chi connectivity index (χ0v) is 15.6. The first-order valence-electron chi connectivity index (χ1n) is 8.13. The number of rotatable bonds is 3. The Kier molecular flexibility index (Phi) is 5.89. The maximum absolute atomic E-state index is 12.1. The number of aromatic nitrogens is 2. The van der Waals surface area contributed by atoms with Gasteiger partial charge in [-0.3, -0.25) is 0 Å². The number of nitrogens with zero attached hydrogens (tertiary/aromatic N) is 3. The van der Waals surface area contributed by atoms with Crippen molar-refractivity contribution in [1.29, 1.82) is 0 Å². The molecular formula is C17H27N3O2S. The second-order valence-corrected chi connectivity index (χ2v) is 8.31. The number of hydrogen-bond acceptors (Lipinski definition) is 5. The molecule has 0 saturated carbocycles. The van der Waals surface area contributed by atoms with Gasteiger partial charge in [0.15, 0.2) is 0 Å². The summed E-state index contributed by atoms with van der Waals surface area (Å²) < 4.78 is 5.43. The fraction of sp³-hybridized carbons (Fsp3) is 0.706. The van der Waals surface area contributed by atoms with Crippen molar-refractivity contribution in [3.05, 3.63) is 23.3 Å². The van der Waals surface area contributed by atoms with Gasteiger partial charge in [0.05, 0.1) is 5.69 Å². The molecule has 23 heavy (non-hydrogen) atoms. The topological polar surface area (TPSA) is 55.3 Å². The Hall–Kier alpha value is -1.30. The number of amides is 1. The fourth-order valence-electron chi connectivity index (χ4n) is 2.60. The summed E-state index contributed by atoms with van der Waals surface area (Å²) in [5, 5.41) is 0.573. The van der Waals surface area contributed by atoms with Crippen molar-refractivity contribution in [2.75, 3.05) is 13.1 Å². The Bertz CT molecular complexity index is 529. The van der Waals surface area contributed by atoms with E-state index in [9.17, 15) is 4.79 Å². The van der Waals surface area contributed by atoms with Gasteiger partial charge in [-0.25, -0.2) is 14.8 Å². The molecule has 0 aliphatic carbocycles. The Labute approximate surface area is 143 Å². The van der Waals surface area contributed by atoms with E-state index >= 15 is 0 Å². The van der Waals surface area contributed by atoms with Crippen molar-refractivity contribution in [3.63, 3.8) is 0 Å². The van der Waals surface area contributed by atoms with Gasteiger partial charge in [-0.2, -0.15) is 11.8 Å². The molecule has 0 bridgehead atoms. The fourth-order valence-corrected chi connectivity index (χ4v) is 3.70. The molecule has 1 amide bonds. The zero-order valence-electron chi connectivity index (χ0n) is 14.8. The predicted octanol–water partition coefficient (Wildman–Crippen LogP) is 3.73. The summed E-state index contributed by atoms with van der Waals surface area (Å²) in [4.78, 5) is 22.7. The number of likely N-dealkylation sites (tertiary alicyclic amines) is 1. The molecule has 1 saturated heterocycles. The molecule has 1 aliphatic heterocycles. The molecule has 0 unspecified atom stereocenters. The Morgan fingerprint density at radius 2 is 1.96 bits per heavy atom. The average molecular weight is 337 g/mol. The van der Waals surface area contributed by atoms with Gasteiger partial charge in [0.25, 0.3) is 0 Å². The number of aryl methyl sites for hydroxylation is 2. The van der Waals surface area contributed by atoms with Crippen LogP contribution in [0.1, 0.15) is 50.8 Å². The highest BCUT2D eigenvalue weighted by Crippen LogP contribution is 2.27. The molecule has 0 aromatic carbocycles. The third-order valence-corrected chi connectivity index (χ3v) is 4.98. The first-order valence-corrected chi connectivity index (χ1v) is 9.18. The summed E-state index contributed by atoms with van der Waals surface area (Å²) in [6.45, 7) is 11.2. The number of ether oxygens (including phenoxy) is 1. The molecule has 0 N–H and O–H groups in total. The largest absolute Gasteiger partial charge is 0.444 e. The Morgan fingerprint density at radius 1 is 1.30 bits per heavy atom. The standard InChI is InChI=1S/C17H27N3O2S/c1-12-10-14(19-13(2)18-12)11-23-15-6-8-20(9-7-15)16(21)22-17(3,4)5/h10,15H,6-9,11H2,1-5H3. The van der Waals surface area contributed by atoms with Gasteiger partial charge in [0.2, 0.25) is 0 Å². The zero-order chi connectivity index (χ0) is 17.0. The van der Waals surface area contributed by atoms with E-state index in [-0.39, 0.29) is 6.09 Å². The van der Waals surface area contributed by atoms with Crippen LogP contribution < -0.4 is 0 Å². The number of hydrogen-bond donors (Lipinski definition) is 0. The maximum atomic E-state index is 12.1. The number of carbonyl (C=O) groups is 1. The molecule has 5 nitrogen and oxygen atoms in total. The van der Waals surface area contributed by atoms with E-state index in [0.29, 0.717) is 5.25 Å². The molecule has 128 valence electrons. The lowest BCUT2D eigenvalue weighted by molar-refractivity contribution is 0.0219. The summed E-state index contributed by atoms with van der Waals surface area (Å²) in [5.74, 6) is 1.74. The van der Waals surface area contributed by atoms with Crippen LogP contribution in [0.2, 0.25) is 0 Å².